The van der Waals surface area contributed by atoms with Crippen molar-refractivity contribution in [1.29, 1.82) is 0 Å². The van der Waals surface area contributed by atoms with Gasteiger partial charge in [0.05, 0.1) is 10.6 Å². The average molecular weight is 385 g/mol. The lowest BCUT2D eigenvalue weighted by Crippen LogP contribution is -2.53. The summed E-state index contributed by atoms with van der Waals surface area (Å²) in [5.41, 5.74) is 0.0861. The number of anilines is 1. The summed E-state index contributed by atoms with van der Waals surface area (Å²) in [6.45, 7) is 3.29. The van der Waals surface area contributed by atoms with Crippen molar-refractivity contribution in [3.63, 3.8) is 0 Å². The minimum absolute atomic E-state index is 0. The normalized spacial score (nSPS) is 21.9. The lowest BCUT2D eigenvalue weighted by molar-refractivity contribution is -0.384. The van der Waals surface area contributed by atoms with Crippen molar-refractivity contribution in [1.82, 2.24) is 10.6 Å². The smallest absolute Gasteiger partial charge is 0.271 e. The number of nitrogens with one attached hydrogen (secondary N) is 2. The SMILES string of the molecule is CC1CCNCC1NC(=O)CN1C(=O)COc2ccc([N+](=O)[O-])cc21.Cl. The van der Waals surface area contributed by atoms with Crippen LogP contribution in [0.4, 0.5) is 11.4 Å². The standard InChI is InChI=1S/C16H20N4O5.ClH/c1-10-4-5-17-7-12(10)18-15(21)8-19-13-6-11(20(23)24)2-3-14(13)25-9-16(19)22;/h2-3,6,10,12,17H,4-5,7-9H2,1H3,(H,18,21);1H. The number of fused-ring (bicyclic) bond motifs is 1. The zero-order valence-electron chi connectivity index (χ0n) is 14.3. The van der Waals surface area contributed by atoms with Gasteiger partial charge in [-0.05, 0) is 24.9 Å². The summed E-state index contributed by atoms with van der Waals surface area (Å²) in [7, 11) is 0. The summed E-state index contributed by atoms with van der Waals surface area (Å²) in [6.07, 6.45) is 0.969. The molecule has 2 N–H and O–H groups in total. The fourth-order valence-corrected chi connectivity index (χ4v) is 3.06. The molecule has 1 aromatic rings. The van der Waals surface area contributed by atoms with Gasteiger partial charge in [-0.2, -0.15) is 0 Å². The van der Waals surface area contributed by atoms with Gasteiger partial charge in [0.15, 0.2) is 6.61 Å². The fraction of sp³-hybridized carbons (Fsp3) is 0.500. The molecular formula is C16H21ClN4O5. The molecule has 142 valence electrons. The number of benzene rings is 1. The molecule has 10 heteroatoms. The Morgan fingerprint density at radius 2 is 2.27 bits per heavy atom. The Balaban J connectivity index is 0.00000243. The second-order valence-corrected chi connectivity index (χ2v) is 6.32. The summed E-state index contributed by atoms with van der Waals surface area (Å²) in [5, 5.41) is 17.1. The van der Waals surface area contributed by atoms with Gasteiger partial charge in [-0.25, -0.2) is 0 Å². The number of rotatable bonds is 4. The first kappa shape index (κ1) is 19.9. The summed E-state index contributed by atoms with van der Waals surface area (Å²) in [5.74, 6) is -0.00381. The molecule has 0 bridgehead atoms. The van der Waals surface area contributed by atoms with Gasteiger partial charge in [-0.1, -0.05) is 6.92 Å². The molecule has 0 saturated carbocycles. The van der Waals surface area contributed by atoms with Crippen LogP contribution in [-0.2, 0) is 9.59 Å². The highest BCUT2D eigenvalue weighted by molar-refractivity contribution is 6.02. The van der Waals surface area contributed by atoms with Crippen LogP contribution >= 0.6 is 12.4 Å². The summed E-state index contributed by atoms with van der Waals surface area (Å²) >= 11 is 0. The van der Waals surface area contributed by atoms with Gasteiger partial charge in [-0.15, -0.1) is 12.4 Å². The highest BCUT2D eigenvalue weighted by Crippen LogP contribution is 2.35. The number of nitrogens with zero attached hydrogens (tertiary/aromatic N) is 2. The van der Waals surface area contributed by atoms with Crippen LogP contribution in [0, 0.1) is 16.0 Å². The van der Waals surface area contributed by atoms with Gasteiger partial charge in [-0.3, -0.25) is 24.6 Å². The third kappa shape index (κ3) is 4.23. The zero-order valence-corrected chi connectivity index (χ0v) is 15.1. The first-order valence-electron chi connectivity index (χ1n) is 8.17. The molecule has 2 heterocycles. The van der Waals surface area contributed by atoms with E-state index < -0.39 is 10.8 Å². The number of hydrogen-bond donors (Lipinski definition) is 2. The number of amides is 2. The van der Waals surface area contributed by atoms with Crippen LogP contribution < -0.4 is 20.3 Å². The molecule has 1 saturated heterocycles. The topological polar surface area (TPSA) is 114 Å². The second kappa shape index (κ2) is 8.33. The molecule has 0 aromatic heterocycles. The molecule has 2 aliphatic rings. The maximum Gasteiger partial charge on any atom is 0.271 e. The average Bonchev–Trinajstić information content (AvgIpc) is 2.59. The van der Waals surface area contributed by atoms with Crippen molar-refractivity contribution in [3.8, 4) is 5.75 Å². The van der Waals surface area contributed by atoms with Gasteiger partial charge < -0.3 is 15.4 Å². The van der Waals surface area contributed by atoms with Gasteiger partial charge in [0.1, 0.15) is 12.3 Å². The van der Waals surface area contributed by atoms with E-state index in [-0.39, 0.29) is 48.9 Å². The molecule has 9 nitrogen and oxygen atoms in total. The minimum atomic E-state index is -0.549. The van der Waals surface area contributed by atoms with Crippen LogP contribution in [0.5, 0.6) is 5.75 Å². The Kier molecular flexibility index (Phi) is 6.38. The molecule has 26 heavy (non-hydrogen) atoms. The van der Waals surface area contributed by atoms with E-state index in [1.54, 1.807) is 0 Å². The van der Waals surface area contributed by atoms with Crippen LogP contribution in [0.25, 0.3) is 0 Å². The lowest BCUT2D eigenvalue weighted by atomic mass is 9.95. The Morgan fingerprint density at radius 3 is 2.96 bits per heavy atom. The van der Waals surface area contributed by atoms with E-state index in [9.17, 15) is 19.7 Å². The van der Waals surface area contributed by atoms with Crippen molar-refractivity contribution in [2.24, 2.45) is 5.92 Å². The number of hydrogen-bond acceptors (Lipinski definition) is 6. The maximum atomic E-state index is 12.4. The number of piperidine rings is 1. The largest absolute Gasteiger partial charge is 0.482 e. The Morgan fingerprint density at radius 1 is 1.50 bits per heavy atom. The number of nitro benzene ring substituents is 1. The molecule has 1 aromatic carbocycles. The van der Waals surface area contributed by atoms with Crippen LogP contribution in [0.1, 0.15) is 13.3 Å². The fourth-order valence-electron chi connectivity index (χ4n) is 3.06. The number of ether oxygens (including phenoxy) is 1. The number of carbonyl (C=O) groups is 2. The van der Waals surface area contributed by atoms with Crippen LogP contribution in [0.3, 0.4) is 0 Å². The molecule has 3 rings (SSSR count). The van der Waals surface area contributed by atoms with E-state index in [4.69, 9.17) is 4.74 Å². The number of carbonyl (C=O) groups excluding carboxylic acids is 2. The van der Waals surface area contributed by atoms with Gasteiger partial charge in [0.2, 0.25) is 5.91 Å². The summed E-state index contributed by atoms with van der Waals surface area (Å²) in [6, 6.07) is 4.01. The van der Waals surface area contributed by atoms with Crippen molar-refractivity contribution in [3.05, 3.63) is 28.3 Å². The second-order valence-electron chi connectivity index (χ2n) is 6.32. The molecule has 1 fully saturated rings. The van der Waals surface area contributed by atoms with Gasteiger partial charge in [0, 0.05) is 24.7 Å². The number of halogens is 1. The predicted molar refractivity (Wildman–Crippen MR) is 96.8 cm³/mol. The van der Waals surface area contributed by atoms with E-state index >= 15 is 0 Å². The lowest BCUT2D eigenvalue weighted by Gasteiger charge is -2.32. The number of non-ortho nitro benzene ring substituents is 1. The molecular weight excluding hydrogens is 364 g/mol. The van der Waals surface area contributed by atoms with Gasteiger partial charge in [0.25, 0.3) is 11.6 Å². The summed E-state index contributed by atoms with van der Waals surface area (Å²) < 4.78 is 5.29. The predicted octanol–water partition coefficient (Wildman–Crippen LogP) is 0.856. The van der Waals surface area contributed by atoms with Crippen LogP contribution in [0.2, 0.25) is 0 Å². The van der Waals surface area contributed by atoms with Crippen LogP contribution in [0.15, 0.2) is 18.2 Å². The molecule has 2 atom stereocenters. The Labute approximate surface area is 156 Å². The third-order valence-corrected chi connectivity index (χ3v) is 4.57. The van der Waals surface area contributed by atoms with Crippen molar-refractivity contribution in [2.45, 2.75) is 19.4 Å². The van der Waals surface area contributed by atoms with E-state index in [0.717, 1.165) is 13.0 Å². The first-order valence-corrected chi connectivity index (χ1v) is 8.17. The van der Waals surface area contributed by atoms with Crippen molar-refractivity contribution >= 4 is 35.6 Å². The zero-order chi connectivity index (χ0) is 18.0. The molecule has 2 aliphatic heterocycles. The number of nitro groups is 1. The van der Waals surface area contributed by atoms with E-state index in [1.165, 1.54) is 23.1 Å². The molecule has 2 unspecified atom stereocenters. The Bertz CT molecular complexity index is 714. The molecule has 0 radical (unpaired) electrons. The highest BCUT2D eigenvalue weighted by atomic mass is 35.5. The third-order valence-electron chi connectivity index (χ3n) is 4.57. The molecule has 0 aliphatic carbocycles. The van der Waals surface area contributed by atoms with Crippen molar-refractivity contribution < 1.29 is 19.2 Å². The highest BCUT2D eigenvalue weighted by Gasteiger charge is 2.30. The van der Waals surface area contributed by atoms with Gasteiger partial charge >= 0.3 is 0 Å². The van der Waals surface area contributed by atoms with Crippen LogP contribution in [-0.4, -0.2) is 49.0 Å². The Hall–Kier alpha value is -2.39. The summed E-state index contributed by atoms with van der Waals surface area (Å²) in [4.78, 5) is 36.2. The molecule has 2 amide bonds. The van der Waals surface area contributed by atoms with E-state index in [2.05, 4.69) is 17.6 Å². The minimum Gasteiger partial charge on any atom is -0.482 e. The van der Waals surface area contributed by atoms with E-state index in [1.807, 2.05) is 0 Å². The van der Waals surface area contributed by atoms with Crippen molar-refractivity contribution in [2.75, 3.05) is 31.1 Å². The first-order chi connectivity index (χ1) is 12.0. The maximum absolute atomic E-state index is 12.4. The molecule has 0 spiro atoms. The van der Waals surface area contributed by atoms with E-state index in [0.29, 0.717) is 18.2 Å². The quantitative estimate of drug-likeness (QED) is 0.587. The monoisotopic (exact) mass is 384 g/mol.